The van der Waals surface area contributed by atoms with Crippen molar-refractivity contribution in [3.05, 3.63) is 42.0 Å². The van der Waals surface area contributed by atoms with Crippen LogP contribution < -0.4 is 0 Å². The van der Waals surface area contributed by atoms with E-state index < -0.39 is 18.2 Å². The van der Waals surface area contributed by atoms with Gasteiger partial charge in [-0.3, -0.25) is 9.59 Å². The summed E-state index contributed by atoms with van der Waals surface area (Å²) in [6.07, 6.45) is 2.25. The molecule has 1 rings (SSSR count). The number of benzene rings is 1. The number of hydrogen-bond donors (Lipinski definition) is 0. The van der Waals surface area contributed by atoms with Crippen LogP contribution in [0, 0.1) is 0 Å². The van der Waals surface area contributed by atoms with Gasteiger partial charge in [-0.25, -0.2) is 0 Å². The second-order valence-electron chi connectivity index (χ2n) is 3.36. The molecule has 0 bridgehead atoms. The lowest BCUT2D eigenvalue weighted by Crippen LogP contribution is -2.19. The molecule has 0 saturated carbocycles. The van der Waals surface area contributed by atoms with E-state index in [1.54, 1.807) is 6.08 Å². The van der Waals surface area contributed by atoms with Gasteiger partial charge in [0.2, 0.25) is 0 Å². The van der Waals surface area contributed by atoms with E-state index in [4.69, 9.17) is 9.47 Å². The van der Waals surface area contributed by atoms with Crippen LogP contribution in [0.15, 0.2) is 36.4 Å². The van der Waals surface area contributed by atoms with E-state index in [-0.39, 0.29) is 0 Å². The van der Waals surface area contributed by atoms with Gasteiger partial charge in [0, 0.05) is 13.8 Å². The standard InChI is InChI=1S/C13H14O4/c1-10(14)16-13(17-11(2)15)9-8-12-6-4-3-5-7-12/h3-9,13H,1-2H3. The van der Waals surface area contributed by atoms with E-state index in [9.17, 15) is 9.59 Å². The predicted octanol–water partition coefficient (Wildman–Crippen LogP) is 2.15. The molecule has 0 amide bonds. The lowest BCUT2D eigenvalue weighted by atomic mass is 10.2. The molecule has 0 aliphatic rings. The maximum absolute atomic E-state index is 10.8. The monoisotopic (exact) mass is 234 g/mol. The molecule has 0 fully saturated rings. The zero-order chi connectivity index (χ0) is 12.7. The van der Waals surface area contributed by atoms with Crippen LogP contribution in [0.2, 0.25) is 0 Å². The molecule has 0 aliphatic heterocycles. The Kier molecular flexibility index (Phi) is 4.94. The van der Waals surface area contributed by atoms with E-state index in [0.29, 0.717) is 0 Å². The summed E-state index contributed by atoms with van der Waals surface area (Å²) in [6, 6.07) is 9.43. The molecule has 0 aliphatic carbocycles. The molecule has 4 heteroatoms. The van der Waals surface area contributed by atoms with Crippen molar-refractivity contribution in [1.29, 1.82) is 0 Å². The summed E-state index contributed by atoms with van der Waals surface area (Å²) in [5, 5.41) is 0. The molecule has 90 valence electrons. The highest BCUT2D eigenvalue weighted by Gasteiger charge is 2.10. The number of hydrogen-bond acceptors (Lipinski definition) is 4. The summed E-state index contributed by atoms with van der Waals surface area (Å²) < 4.78 is 9.63. The fourth-order valence-electron chi connectivity index (χ4n) is 1.18. The second-order valence-corrected chi connectivity index (χ2v) is 3.36. The molecule has 0 spiro atoms. The van der Waals surface area contributed by atoms with Crippen molar-refractivity contribution in [1.82, 2.24) is 0 Å². The first kappa shape index (κ1) is 13.0. The zero-order valence-electron chi connectivity index (χ0n) is 9.75. The van der Waals surface area contributed by atoms with E-state index in [1.807, 2.05) is 30.3 Å². The van der Waals surface area contributed by atoms with Crippen LogP contribution in [0.25, 0.3) is 6.08 Å². The van der Waals surface area contributed by atoms with Crippen LogP contribution in [0.1, 0.15) is 19.4 Å². The number of ether oxygens (including phenoxy) is 2. The van der Waals surface area contributed by atoms with Crippen LogP contribution in [0.4, 0.5) is 0 Å². The first-order chi connectivity index (χ1) is 8.08. The molecule has 0 atom stereocenters. The first-order valence-electron chi connectivity index (χ1n) is 5.15. The summed E-state index contributed by atoms with van der Waals surface area (Å²) in [5.41, 5.74) is 0.928. The first-order valence-corrected chi connectivity index (χ1v) is 5.15. The number of carbonyl (C=O) groups excluding carboxylic acids is 2. The molecule has 0 heterocycles. The van der Waals surface area contributed by atoms with Gasteiger partial charge >= 0.3 is 11.9 Å². The predicted molar refractivity (Wildman–Crippen MR) is 62.8 cm³/mol. The minimum absolute atomic E-state index is 0.506. The maximum atomic E-state index is 10.8. The average Bonchev–Trinajstić information content (AvgIpc) is 2.26. The quantitative estimate of drug-likeness (QED) is 0.591. The van der Waals surface area contributed by atoms with Crippen LogP contribution in [-0.2, 0) is 19.1 Å². The second kappa shape index (κ2) is 6.48. The summed E-state index contributed by atoms with van der Waals surface area (Å²) in [7, 11) is 0. The highest BCUT2D eigenvalue weighted by molar-refractivity contribution is 5.68. The summed E-state index contributed by atoms with van der Waals surface area (Å²) in [6.45, 7) is 2.51. The highest BCUT2D eigenvalue weighted by Crippen LogP contribution is 2.05. The molecule has 1 aromatic carbocycles. The van der Waals surface area contributed by atoms with E-state index >= 15 is 0 Å². The van der Waals surface area contributed by atoms with Crippen molar-refractivity contribution < 1.29 is 19.1 Å². The Balaban J connectivity index is 2.68. The van der Waals surface area contributed by atoms with Gasteiger partial charge < -0.3 is 9.47 Å². The molecule has 0 aromatic heterocycles. The van der Waals surface area contributed by atoms with Gasteiger partial charge in [-0.15, -0.1) is 0 Å². The van der Waals surface area contributed by atoms with Gasteiger partial charge in [0.1, 0.15) is 0 Å². The molecule has 1 aromatic rings. The van der Waals surface area contributed by atoms with E-state index in [0.717, 1.165) is 5.56 Å². The topological polar surface area (TPSA) is 52.6 Å². The molecular weight excluding hydrogens is 220 g/mol. The number of rotatable bonds is 4. The number of carbonyl (C=O) groups is 2. The Hall–Kier alpha value is -2.10. The Labute approximate surface area is 99.8 Å². The average molecular weight is 234 g/mol. The van der Waals surface area contributed by atoms with Gasteiger partial charge in [-0.2, -0.15) is 0 Å². The minimum atomic E-state index is -0.981. The molecule has 4 nitrogen and oxygen atoms in total. The van der Waals surface area contributed by atoms with Crippen molar-refractivity contribution in [2.45, 2.75) is 20.1 Å². The van der Waals surface area contributed by atoms with Crippen molar-refractivity contribution in [3.63, 3.8) is 0 Å². The van der Waals surface area contributed by atoms with E-state index in [1.165, 1.54) is 19.9 Å². The minimum Gasteiger partial charge on any atom is -0.421 e. The van der Waals surface area contributed by atoms with Crippen molar-refractivity contribution in [2.24, 2.45) is 0 Å². The van der Waals surface area contributed by atoms with Gasteiger partial charge in [0.05, 0.1) is 0 Å². The van der Waals surface area contributed by atoms with Gasteiger partial charge in [-0.1, -0.05) is 36.4 Å². The SMILES string of the molecule is CC(=O)OC(C=Cc1ccccc1)OC(C)=O. The lowest BCUT2D eigenvalue weighted by molar-refractivity contribution is -0.176. The van der Waals surface area contributed by atoms with Crippen molar-refractivity contribution in [3.8, 4) is 0 Å². The Morgan fingerprint density at radius 2 is 1.59 bits per heavy atom. The lowest BCUT2D eigenvalue weighted by Gasteiger charge is -2.12. The largest absolute Gasteiger partial charge is 0.421 e. The van der Waals surface area contributed by atoms with Gasteiger partial charge in [0.15, 0.2) is 0 Å². The van der Waals surface area contributed by atoms with Crippen LogP contribution in [0.3, 0.4) is 0 Å². The molecule has 0 radical (unpaired) electrons. The third kappa shape index (κ3) is 5.51. The maximum Gasteiger partial charge on any atom is 0.305 e. The summed E-state index contributed by atoms with van der Waals surface area (Å²) in [4.78, 5) is 21.6. The van der Waals surface area contributed by atoms with Crippen molar-refractivity contribution >= 4 is 18.0 Å². The third-order valence-electron chi connectivity index (χ3n) is 1.81. The van der Waals surface area contributed by atoms with Crippen LogP contribution in [-0.4, -0.2) is 18.2 Å². The Morgan fingerprint density at radius 1 is 1.06 bits per heavy atom. The fraction of sp³-hybridized carbons (Fsp3) is 0.231. The summed E-state index contributed by atoms with van der Waals surface area (Å²) >= 11 is 0. The molecule has 0 saturated heterocycles. The van der Waals surface area contributed by atoms with Gasteiger partial charge in [-0.05, 0) is 11.6 Å². The van der Waals surface area contributed by atoms with Crippen LogP contribution >= 0.6 is 0 Å². The summed E-state index contributed by atoms with van der Waals surface area (Å²) in [5.74, 6) is -1.01. The van der Waals surface area contributed by atoms with Crippen LogP contribution in [0.5, 0.6) is 0 Å². The molecule has 17 heavy (non-hydrogen) atoms. The third-order valence-corrected chi connectivity index (χ3v) is 1.81. The molecular formula is C13H14O4. The fourth-order valence-corrected chi connectivity index (χ4v) is 1.18. The molecule has 0 N–H and O–H groups in total. The molecule has 0 unspecified atom stereocenters. The van der Waals surface area contributed by atoms with Gasteiger partial charge in [0.25, 0.3) is 6.29 Å². The highest BCUT2D eigenvalue weighted by atomic mass is 16.7. The number of esters is 2. The normalized spacial score (nSPS) is 10.5. The zero-order valence-corrected chi connectivity index (χ0v) is 9.75. The van der Waals surface area contributed by atoms with E-state index in [2.05, 4.69) is 0 Å². The smallest absolute Gasteiger partial charge is 0.305 e. The Morgan fingerprint density at radius 3 is 2.06 bits per heavy atom. The Bertz CT molecular complexity index is 393. The van der Waals surface area contributed by atoms with Crippen molar-refractivity contribution in [2.75, 3.05) is 0 Å².